The molecular weight excluding hydrogens is 444 g/mol. The van der Waals surface area contributed by atoms with E-state index in [-0.39, 0.29) is 88.2 Å². The van der Waals surface area contributed by atoms with Gasteiger partial charge in [-0.1, -0.05) is 20.8 Å². The largest absolute Gasteiger partial charge is 0.358 e. The number of hydrogen-bond acceptors (Lipinski definition) is 6. The monoisotopic (exact) mass is 484 g/mol. The minimum atomic E-state index is -0.414. The van der Waals surface area contributed by atoms with E-state index in [2.05, 4.69) is 16.0 Å². The van der Waals surface area contributed by atoms with Crippen molar-refractivity contribution in [2.24, 2.45) is 0 Å². The molecule has 0 aromatic carbocycles. The smallest absolute Gasteiger partial charge is 0.239 e. The molecular formula is C22H40N6O6. The number of amides is 6. The molecule has 0 radical (unpaired) electrons. The maximum atomic E-state index is 12.3. The first-order valence-corrected chi connectivity index (χ1v) is 11.7. The lowest BCUT2D eigenvalue weighted by Crippen LogP contribution is -2.47. The van der Waals surface area contributed by atoms with Crippen LogP contribution in [0.3, 0.4) is 0 Å². The molecule has 12 heteroatoms. The van der Waals surface area contributed by atoms with Gasteiger partial charge in [-0.15, -0.1) is 0 Å². The van der Waals surface area contributed by atoms with Crippen LogP contribution in [0.4, 0.5) is 0 Å². The van der Waals surface area contributed by atoms with Crippen molar-refractivity contribution in [1.82, 2.24) is 30.7 Å². The summed E-state index contributed by atoms with van der Waals surface area (Å²) in [5.41, 5.74) is 0. The van der Waals surface area contributed by atoms with Crippen molar-refractivity contribution in [3.8, 4) is 0 Å². The minimum Gasteiger partial charge on any atom is -0.358 e. The summed E-state index contributed by atoms with van der Waals surface area (Å²) in [7, 11) is 1.48. The van der Waals surface area contributed by atoms with Crippen LogP contribution < -0.4 is 16.0 Å². The second-order valence-corrected chi connectivity index (χ2v) is 7.47. The fourth-order valence-electron chi connectivity index (χ4n) is 3.00. The number of nitrogens with one attached hydrogen (secondary N) is 3. The Kier molecular flexibility index (Phi) is 15.7. The van der Waals surface area contributed by atoms with Gasteiger partial charge in [-0.25, -0.2) is 0 Å². The van der Waals surface area contributed by atoms with Crippen molar-refractivity contribution in [3.05, 3.63) is 0 Å². The summed E-state index contributed by atoms with van der Waals surface area (Å²) in [5.74, 6) is -1.64. The van der Waals surface area contributed by atoms with Gasteiger partial charge in [-0.2, -0.15) is 0 Å². The van der Waals surface area contributed by atoms with Crippen LogP contribution in [0.1, 0.15) is 47.0 Å². The van der Waals surface area contributed by atoms with Gasteiger partial charge in [0.25, 0.3) is 0 Å². The first-order valence-electron chi connectivity index (χ1n) is 11.7. The minimum absolute atomic E-state index is 0.0611. The number of carbonyl (C=O) groups excluding carboxylic acids is 6. The second-order valence-electron chi connectivity index (χ2n) is 7.47. The Morgan fingerprint density at radius 1 is 0.559 bits per heavy atom. The van der Waals surface area contributed by atoms with E-state index in [0.29, 0.717) is 13.0 Å². The molecule has 12 nitrogen and oxygen atoms in total. The zero-order valence-corrected chi connectivity index (χ0v) is 21.1. The van der Waals surface area contributed by atoms with E-state index in [0.717, 1.165) is 0 Å². The second kappa shape index (κ2) is 17.3. The van der Waals surface area contributed by atoms with E-state index < -0.39 is 5.91 Å². The van der Waals surface area contributed by atoms with Crippen LogP contribution in [-0.4, -0.2) is 110 Å². The zero-order chi connectivity index (χ0) is 26.1. The summed E-state index contributed by atoms with van der Waals surface area (Å²) in [6.45, 7) is 7.50. The molecule has 3 N–H and O–H groups in total. The maximum absolute atomic E-state index is 12.3. The van der Waals surface area contributed by atoms with Gasteiger partial charge < -0.3 is 30.7 Å². The van der Waals surface area contributed by atoms with Crippen molar-refractivity contribution in [1.29, 1.82) is 0 Å². The number of hydrogen-bond donors (Lipinski definition) is 3. The summed E-state index contributed by atoms with van der Waals surface area (Å²) in [4.78, 5) is 76.1. The number of carbonyl (C=O) groups is 6. The van der Waals surface area contributed by atoms with Crippen LogP contribution in [0, 0.1) is 0 Å². The topological polar surface area (TPSA) is 148 Å². The van der Waals surface area contributed by atoms with Crippen molar-refractivity contribution >= 4 is 35.4 Å². The van der Waals surface area contributed by atoms with Crippen molar-refractivity contribution in [2.75, 3.05) is 59.4 Å². The lowest BCUT2D eigenvalue weighted by atomic mass is 10.3. The highest BCUT2D eigenvalue weighted by Crippen LogP contribution is 1.97. The van der Waals surface area contributed by atoms with E-state index in [1.54, 1.807) is 27.7 Å². The third-order valence-electron chi connectivity index (χ3n) is 5.04. The molecule has 0 aliphatic carbocycles. The Balaban J connectivity index is 4.67. The van der Waals surface area contributed by atoms with E-state index >= 15 is 0 Å². The third-order valence-corrected chi connectivity index (χ3v) is 5.04. The van der Waals surface area contributed by atoms with E-state index in [1.807, 2.05) is 0 Å². The van der Waals surface area contributed by atoms with Gasteiger partial charge in [-0.05, 0) is 6.92 Å². The highest BCUT2D eigenvalue weighted by atomic mass is 16.2. The molecule has 0 fully saturated rings. The normalized spacial score (nSPS) is 10.1. The average Bonchev–Trinajstić information content (AvgIpc) is 2.84. The summed E-state index contributed by atoms with van der Waals surface area (Å²) in [6.07, 6.45) is 0.740. The lowest BCUT2D eigenvalue weighted by Gasteiger charge is -2.24. The van der Waals surface area contributed by atoms with Crippen LogP contribution in [0.15, 0.2) is 0 Å². The van der Waals surface area contributed by atoms with Crippen LogP contribution in [0.2, 0.25) is 0 Å². The molecule has 0 saturated heterocycles. The molecule has 0 saturated carbocycles. The molecule has 0 unspecified atom stereocenters. The molecule has 0 rings (SSSR count). The number of likely N-dealkylation sites (N-methyl/N-ethyl adjacent to an activating group) is 2. The molecule has 0 aliphatic rings. The van der Waals surface area contributed by atoms with Gasteiger partial charge in [0.05, 0.1) is 19.6 Å². The highest BCUT2D eigenvalue weighted by Gasteiger charge is 2.18. The Labute approximate surface area is 201 Å². The van der Waals surface area contributed by atoms with E-state index in [4.69, 9.17) is 0 Å². The summed E-state index contributed by atoms with van der Waals surface area (Å²) >= 11 is 0. The molecule has 0 aromatic rings. The SMILES string of the molecule is CCC(=O)N(CCNC(=O)CN(CCNC(=O)CN(CC)C(=O)CC)C(=O)CC)CC(=O)NC. The highest BCUT2D eigenvalue weighted by molar-refractivity contribution is 5.86. The summed E-state index contributed by atoms with van der Waals surface area (Å²) < 4.78 is 0. The van der Waals surface area contributed by atoms with Crippen molar-refractivity contribution in [3.63, 3.8) is 0 Å². The van der Waals surface area contributed by atoms with E-state index in [9.17, 15) is 28.8 Å². The third kappa shape index (κ3) is 12.2. The lowest BCUT2D eigenvalue weighted by molar-refractivity contribution is -0.137. The molecule has 0 spiro atoms. The summed E-state index contributed by atoms with van der Waals surface area (Å²) in [6, 6.07) is 0. The van der Waals surface area contributed by atoms with Gasteiger partial charge in [0.2, 0.25) is 35.4 Å². The standard InChI is InChI=1S/C22H40N6O6/c1-6-20(32)26(9-4)15-18(30)24-11-13-28(22(34)8-3)16-19(31)25-10-12-27(21(33)7-2)14-17(29)23-5/h6-16H2,1-5H3,(H,23,29)(H,24,30)(H,25,31). The van der Waals surface area contributed by atoms with Gasteiger partial charge >= 0.3 is 0 Å². The first kappa shape index (κ1) is 30.8. The van der Waals surface area contributed by atoms with Crippen molar-refractivity contribution in [2.45, 2.75) is 47.0 Å². The van der Waals surface area contributed by atoms with Crippen LogP contribution >= 0.6 is 0 Å². The Bertz CT molecular complexity index is 714. The molecule has 34 heavy (non-hydrogen) atoms. The molecule has 0 aliphatic heterocycles. The van der Waals surface area contributed by atoms with Gasteiger partial charge in [0.1, 0.15) is 0 Å². The maximum Gasteiger partial charge on any atom is 0.239 e. The molecule has 0 heterocycles. The number of nitrogens with zero attached hydrogens (tertiary/aromatic N) is 3. The summed E-state index contributed by atoms with van der Waals surface area (Å²) in [5, 5.41) is 7.78. The molecule has 0 atom stereocenters. The van der Waals surface area contributed by atoms with Gasteiger partial charge in [0, 0.05) is 59.0 Å². The van der Waals surface area contributed by atoms with E-state index in [1.165, 1.54) is 21.7 Å². The predicted molar refractivity (Wildman–Crippen MR) is 126 cm³/mol. The van der Waals surface area contributed by atoms with Gasteiger partial charge in [-0.3, -0.25) is 28.8 Å². The fraction of sp³-hybridized carbons (Fsp3) is 0.727. The molecule has 0 bridgehead atoms. The Hall–Kier alpha value is -3.18. The first-order chi connectivity index (χ1) is 16.1. The molecule has 194 valence electrons. The average molecular weight is 485 g/mol. The molecule has 0 aromatic heterocycles. The van der Waals surface area contributed by atoms with Crippen molar-refractivity contribution < 1.29 is 28.8 Å². The quantitative estimate of drug-likeness (QED) is 0.248. The number of rotatable bonds is 16. The Morgan fingerprint density at radius 3 is 1.26 bits per heavy atom. The van der Waals surface area contributed by atoms with Crippen LogP contribution in [-0.2, 0) is 28.8 Å². The van der Waals surface area contributed by atoms with Crippen LogP contribution in [0.25, 0.3) is 0 Å². The predicted octanol–water partition coefficient (Wildman–Crippen LogP) is -1.30. The molecule has 6 amide bonds. The Morgan fingerprint density at radius 2 is 0.912 bits per heavy atom. The van der Waals surface area contributed by atoms with Crippen LogP contribution in [0.5, 0.6) is 0 Å². The fourth-order valence-corrected chi connectivity index (χ4v) is 3.00. The zero-order valence-electron chi connectivity index (χ0n) is 21.1. The van der Waals surface area contributed by atoms with Gasteiger partial charge in [0.15, 0.2) is 0 Å².